The van der Waals surface area contributed by atoms with Crippen LogP contribution in [0.5, 0.6) is 0 Å². The molecule has 1 heterocycles. The summed E-state index contributed by atoms with van der Waals surface area (Å²) in [5.41, 5.74) is 2.07. The van der Waals surface area contributed by atoms with Gasteiger partial charge < -0.3 is 9.47 Å². The van der Waals surface area contributed by atoms with E-state index in [4.69, 9.17) is 9.47 Å². The third kappa shape index (κ3) is 6.34. The molecule has 2 aliphatic carbocycles. The monoisotopic (exact) mass is 593 g/mol. The van der Waals surface area contributed by atoms with E-state index in [9.17, 15) is 22.8 Å². The van der Waals surface area contributed by atoms with Gasteiger partial charge in [0.25, 0.3) is 0 Å². The van der Waals surface area contributed by atoms with Crippen LogP contribution >= 0.6 is 0 Å². The van der Waals surface area contributed by atoms with Crippen molar-refractivity contribution in [1.82, 2.24) is 4.98 Å². The molecule has 1 aromatic heterocycles. The Bertz CT molecular complexity index is 1470. The summed E-state index contributed by atoms with van der Waals surface area (Å²) in [6, 6.07) is 19.2. The van der Waals surface area contributed by atoms with Crippen LogP contribution in [-0.4, -0.2) is 35.3 Å². The van der Waals surface area contributed by atoms with Gasteiger partial charge in [-0.05, 0) is 85.3 Å². The predicted octanol–water partition coefficient (Wildman–Crippen LogP) is 8.15. The highest BCUT2D eigenvalue weighted by Crippen LogP contribution is 2.58. The summed E-state index contributed by atoms with van der Waals surface area (Å²) in [5, 5.41) is 0. The average Bonchev–Trinajstić information content (AvgIpc) is 2.97. The summed E-state index contributed by atoms with van der Waals surface area (Å²) < 4.78 is 54.4. The zero-order chi connectivity index (χ0) is 30.8. The molecule has 0 radical (unpaired) electrons. The number of ketones is 1. The van der Waals surface area contributed by atoms with Crippen LogP contribution in [0.1, 0.15) is 77.8 Å². The van der Waals surface area contributed by atoms with Crippen molar-refractivity contribution in [2.45, 2.75) is 82.9 Å². The Labute approximate surface area is 250 Å². The second kappa shape index (κ2) is 12.1. The van der Waals surface area contributed by atoms with Gasteiger partial charge in [0.2, 0.25) is 5.60 Å². The van der Waals surface area contributed by atoms with E-state index in [1.807, 2.05) is 81.4 Å². The number of carbonyl (C=O) groups excluding carboxylic acids is 2. The standard InChI is InChI=1S/C35H38F3NO4/c1-23(2)22-42-32(41)43-34(35(36,37)38)16-15-33(20-25-8-5-4-6-9-25)29(21-34)13-11-27-18-28(12-14-30(27)33)31(40)19-26-10-7-17-39-24(26)3/h4-10,12,14,17-18,23,29H,11,13,15-16,19-22H2,1-3H3/t29-,33+,34-/m1/s1. The van der Waals surface area contributed by atoms with Gasteiger partial charge in [0.05, 0.1) is 6.61 Å². The Morgan fingerprint density at radius 2 is 1.81 bits per heavy atom. The Balaban J connectivity index is 1.48. The van der Waals surface area contributed by atoms with Gasteiger partial charge in [-0.2, -0.15) is 13.2 Å². The first kappa shape index (κ1) is 30.8. The van der Waals surface area contributed by atoms with Gasteiger partial charge in [-0.25, -0.2) is 4.79 Å². The molecule has 0 unspecified atom stereocenters. The molecule has 0 amide bonds. The fourth-order valence-corrected chi connectivity index (χ4v) is 6.95. The minimum absolute atomic E-state index is 0.0110. The van der Waals surface area contributed by atoms with Crippen molar-refractivity contribution >= 4 is 11.9 Å². The van der Waals surface area contributed by atoms with Crippen molar-refractivity contribution in [3.05, 3.63) is 100 Å². The van der Waals surface area contributed by atoms with Gasteiger partial charge >= 0.3 is 12.3 Å². The number of aryl methyl sites for hydroxylation is 2. The minimum atomic E-state index is -4.75. The van der Waals surface area contributed by atoms with Crippen molar-refractivity contribution in [3.8, 4) is 0 Å². The lowest BCUT2D eigenvalue weighted by atomic mass is 9.52. The molecule has 43 heavy (non-hydrogen) atoms. The Kier molecular flexibility index (Phi) is 8.68. The van der Waals surface area contributed by atoms with Crippen LogP contribution in [0.15, 0.2) is 66.9 Å². The molecule has 3 aromatic rings. The van der Waals surface area contributed by atoms with Crippen LogP contribution in [0.25, 0.3) is 0 Å². The fraction of sp³-hybridized carbons (Fsp3) is 0.457. The number of aromatic nitrogens is 1. The largest absolute Gasteiger partial charge is 0.509 e. The number of rotatable bonds is 8. The maximum atomic E-state index is 14.7. The van der Waals surface area contributed by atoms with Crippen LogP contribution in [-0.2, 0) is 34.2 Å². The SMILES string of the molecule is Cc1ncccc1CC(=O)c1ccc2c(c1)CC[C@@H]1C[C@@](OC(=O)OCC(C)C)(C(F)(F)F)CC[C@@]21Cc1ccccc1. The first-order valence-electron chi connectivity index (χ1n) is 15.0. The molecule has 0 aliphatic heterocycles. The maximum Gasteiger partial charge on any atom is 0.509 e. The smallest absolute Gasteiger partial charge is 0.434 e. The predicted molar refractivity (Wildman–Crippen MR) is 157 cm³/mol. The van der Waals surface area contributed by atoms with Gasteiger partial charge in [0.15, 0.2) is 5.78 Å². The molecule has 0 saturated heterocycles. The number of hydrogen-bond donors (Lipinski definition) is 0. The van der Waals surface area contributed by atoms with Crippen molar-refractivity contribution in [2.24, 2.45) is 11.8 Å². The zero-order valence-electron chi connectivity index (χ0n) is 24.9. The number of carbonyl (C=O) groups is 2. The normalized spacial score (nSPS) is 23.3. The van der Waals surface area contributed by atoms with Gasteiger partial charge in [0, 0.05) is 35.7 Å². The molecule has 3 atom stereocenters. The summed E-state index contributed by atoms with van der Waals surface area (Å²) in [7, 11) is 0. The number of halogens is 3. The fourth-order valence-electron chi connectivity index (χ4n) is 6.95. The van der Waals surface area contributed by atoms with Gasteiger partial charge in [0.1, 0.15) is 0 Å². The number of benzene rings is 2. The lowest BCUT2D eigenvalue weighted by Crippen LogP contribution is -2.58. The number of pyridine rings is 1. The number of alkyl halides is 3. The Morgan fingerprint density at radius 1 is 1.05 bits per heavy atom. The third-order valence-corrected chi connectivity index (χ3v) is 9.22. The summed E-state index contributed by atoms with van der Waals surface area (Å²) in [6.07, 6.45) is -3.03. The second-order valence-corrected chi connectivity index (χ2v) is 12.5. The second-order valence-electron chi connectivity index (χ2n) is 12.5. The van der Waals surface area contributed by atoms with Crippen molar-refractivity contribution in [1.29, 1.82) is 0 Å². The lowest BCUT2D eigenvalue weighted by Gasteiger charge is -2.54. The number of ether oxygens (including phenoxy) is 2. The highest BCUT2D eigenvalue weighted by molar-refractivity contribution is 5.98. The highest BCUT2D eigenvalue weighted by Gasteiger charge is 2.65. The maximum absolute atomic E-state index is 14.7. The van der Waals surface area contributed by atoms with Crippen LogP contribution in [0.4, 0.5) is 18.0 Å². The van der Waals surface area contributed by atoms with Gasteiger partial charge in [-0.15, -0.1) is 0 Å². The summed E-state index contributed by atoms with van der Waals surface area (Å²) >= 11 is 0. The average molecular weight is 594 g/mol. The molecule has 2 aromatic carbocycles. The molecule has 5 nitrogen and oxygen atoms in total. The van der Waals surface area contributed by atoms with E-state index in [2.05, 4.69) is 4.98 Å². The topological polar surface area (TPSA) is 65.5 Å². The van der Waals surface area contributed by atoms with E-state index in [0.29, 0.717) is 24.8 Å². The highest BCUT2D eigenvalue weighted by atomic mass is 19.4. The van der Waals surface area contributed by atoms with E-state index in [1.54, 1.807) is 6.20 Å². The summed E-state index contributed by atoms with van der Waals surface area (Å²) in [5.74, 6) is -0.446. The van der Waals surface area contributed by atoms with Crippen molar-refractivity contribution in [3.63, 3.8) is 0 Å². The number of hydrogen-bond acceptors (Lipinski definition) is 5. The molecule has 0 N–H and O–H groups in total. The van der Waals surface area contributed by atoms with Crippen molar-refractivity contribution < 1.29 is 32.2 Å². The van der Waals surface area contributed by atoms with Crippen LogP contribution in [0.3, 0.4) is 0 Å². The van der Waals surface area contributed by atoms with Crippen LogP contribution < -0.4 is 0 Å². The Morgan fingerprint density at radius 3 is 2.51 bits per heavy atom. The first-order chi connectivity index (χ1) is 20.4. The van der Waals surface area contributed by atoms with E-state index >= 15 is 0 Å². The summed E-state index contributed by atoms with van der Waals surface area (Å²) in [4.78, 5) is 30.0. The number of nitrogens with zero attached hydrogens (tertiary/aromatic N) is 1. The van der Waals surface area contributed by atoms with Crippen LogP contribution in [0.2, 0.25) is 0 Å². The quantitative estimate of drug-likeness (QED) is 0.195. The molecule has 1 fully saturated rings. The summed E-state index contributed by atoms with van der Waals surface area (Å²) in [6.45, 7) is 5.48. The number of fused-ring (bicyclic) bond motifs is 3. The van der Waals surface area contributed by atoms with E-state index < -0.39 is 29.3 Å². The van der Waals surface area contributed by atoms with Crippen LogP contribution in [0, 0.1) is 18.8 Å². The molecule has 2 aliphatic rings. The van der Waals surface area contributed by atoms with E-state index in [-0.39, 0.29) is 44.0 Å². The molecule has 5 rings (SSSR count). The van der Waals surface area contributed by atoms with Gasteiger partial charge in [-0.3, -0.25) is 9.78 Å². The molecule has 1 saturated carbocycles. The van der Waals surface area contributed by atoms with Crippen molar-refractivity contribution in [2.75, 3.05) is 6.61 Å². The molecule has 228 valence electrons. The minimum Gasteiger partial charge on any atom is -0.434 e. The first-order valence-corrected chi connectivity index (χ1v) is 15.0. The van der Waals surface area contributed by atoms with Gasteiger partial charge in [-0.1, -0.05) is 62.4 Å². The van der Waals surface area contributed by atoms with E-state index in [1.165, 1.54) is 0 Å². The third-order valence-electron chi connectivity index (χ3n) is 9.22. The Hall–Kier alpha value is -3.68. The molecule has 0 spiro atoms. The molecular weight excluding hydrogens is 555 g/mol. The van der Waals surface area contributed by atoms with E-state index in [0.717, 1.165) is 27.9 Å². The molecule has 8 heteroatoms. The molecular formula is C35H38F3NO4. The number of Topliss-reactive ketones (excluding diaryl/α,β-unsaturated/α-hetero) is 1. The molecule has 0 bridgehead atoms. The lowest BCUT2D eigenvalue weighted by molar-refractivity contribution is -0.282. The zero-order valence-corrected chi connectivity index (χ0v) is 24.9.